The Kier molecular flexibility index (Phi) is 2.69. The second-order valence-corrected chi connectivity index (χ2v) is 5.55. The van der Waals surface area contributed by atoms with E-state index in [9.17, 15) is 10.0 Å². The van der Waals surface area contributed by atoms with Gasteiger partial charge in [-0.25, -0.2) is 0 Å². The lowest BCUT2D eigenvalue weighted by Gasteiger charge is -2.25. The van der Waals surface area contributed by atoms with Crippen LogP contribution in [0.4, 0.5) is 5.69 Å². The van der Waals surface area contributed by atoms with E-state index >= 15 is 0 Å². The fourth-order valence-electron chi connectivity index (χ4n) is 3.01. The second kappa shape index (κ2) is 4.59. The summed E-state index contributed by atoms with van der Waals surface area (Å²) in [5.74, 6) is 0.155. The molecule has 2 aromatic rings. The molecule has 2 aliphatic rings. The summed E-state index contributed by atoms with van der Waals surface area (Å²) in [6, 6.07) is 16.6. The van der Waals surface area contributed by atoms with Gasteiger partial charge in [-0.2, -0.15) is 0 Å². The molecule has 1 aliphatic heterocycles. The molecule has 0 radical (unpaired) electrons. The van der Waals surface area contributed by atoms with Gasteiger partial charge in [-0.05, 0) is 24.3 Å². The summed E-state index contributed by atoms with van der Waals surface area (Å²) in [7, 11) is 0. The molecule has 0 spiro atoms. The first-order valence-corrected chi connectivity index (χ1v) is 7.11. The number of rotatable bonds is 2. The molecule has 2 aromatic carbocycles. The van der Waals surface area contributed by atoms with Crippen LogP contribution in [0.15, 0.2) is 59.8 Å². The van der Waals surface area contributed by atoms with Crippen molar-refractivity contribution >= 4 is 17.3 Å². The van der Waals surface area contributed by atoms with Gasteiger partial charge in [-0.1, -0.05) is 35.5 Å². The van der Waals surface area contributed by atoms with E-state index in [4.69, 9.17) is 4.74 Å². The molecular formula is C17H14N2O3. The van der Waals surface area contributed by atoms with Gasteiger partial charge in [0, 0.05) is 17.7 Å². The Balaban J connectivity index is 1.66. The lowest BCUT2D eigenvalue weighted by molar-refractivity contribution is -0.125. The minimum atomic E-state index is -0.967. The number of nitrogens with zero attached hydrogens (tertiary/aromatic N) is 1. The average Bonchev–Trinajstić information content (AvgIpc) is 3.29. The second-order valence-electron chi connectivity index (χ2n) is 5.55. The molecule has 1 amide bonds. The SMILES string of the molecule is O=C(Nc1ccccc1)[C@]12C[C@@H]1/C(=N\O)c1ccccc1O2. The zero-order chi connectivity index (χ0) is 15.2. The minimum Gasteiger partial charge on any atom is -0.476 e. The lowest BCUT2D eigenvalue weighted by atomic mass is 9.99. The maximum Gasteiger partial charge on any atom is 0.269 e. The summed E-state index contributed by atoms with van der Waals surface area (Å²) < 4.78 is 5.96. The van der Waals surface area contributed by atoms with Gasteiger partial charge >= 0.3 is 0 Å². The monoisotopic (exact) mass is 294 g/mol. The van der Waals surface area contributed by atoms with Gasteiger partial charge in [0.25, 0.3) is 5.91 Å². The van der Waals surface area contributed by atoms with Crippen LogP contribution in [0.5, 0.6) is 5.75 Å². The number of hydrogen-bond donors (Lipinski definition) is 2. The Bertz CT molecular complexity index is 772. The molecule has 0 unspecified atom stereocenters. The number of nitrogens with one attached hydrogen (secondary N) is 1. The molecule has 0 saturated heterocycles. The minimum absolute atomic E-state index is 0.209. The quantitative estimate of drug-likeness (QED) is 0.660. The predicted molar refractivity (Wildman–Crippen MR) is 81.3 cm³/mol. The molecule has 1 aliphatic carbocycles. The molecule has 0 bridgehead atoms. The molecule has 2 atom stereocenters. The molecule has 110 valence electrons. The van der Waals surface area contributed by atoms with Gasteiger partial charge in [-0.3, -0.25) is 4.79 Å². The third-order valence-corrected chi connectivity index (χ3v) is 4.22. The summed E-state index contributed by atoms with van der Waals surface area (Å²) in [6.45, 7) is 0. The standard InChI is InChI=1S/C17H14N2O3/c20-16(18-11-6-2-1-3-7-11)17-10-13(17)15(19-21)12-8-4-5-9-14(12)22-17/h1-9,13,21H,10H2,(H,18,20)/b19-15-/t13-,17+/m1/s1. The van der Waals surface area contributed by atoms with Crippen molar-refractivity contribution in [3.8, 4) is 5.75 Å². The highest BCUT2D eigenvalue weighted by Crippen LogP contribution is 2.54. The van der Waals surface area contributed by atoms with Gasteiger partial charge in [0.2, 0.25) is 0 Å². The van der Waals surface area contributed by atoms with E-state index in [0.29, 0.717) is 17.9 Å². The summed E-state index contributed by atoms with van der Waals surface area (Å²) in [5.41, 5.74) is 1.02. The average molecular weight is 294 g/mol. The molecule has 1 fully saturated rings. The Hall–Kier alpha value is -2.82. The summed E-state index contributed by atoms with van der Waals surface area (Å²) in [6.07, 6.45) is 0.514. The summed E-state index contributed by atoms with van der Waals surface area (Å²) in [5, 5.41) is 15.6. The number of amides is 1. The van der Waals surface area contributed by atoms with E-state index in [1.165, 1.54) is 0 Å². The fraction of sp³-hybridized carbons (Fsp3) is 0.176. The van der Waals surface area contributed by atoms with Crippen LogP contribution >= 0.6 is 0 Å². The first-order valence-electron chi connectivity index (χ1n) is 7.11. The number of benzene rings is 2. The van der Waals surface area contributed by atoms with E-state index < -0.39 is 5.60 Å². The molecule has 0 aromatic heterocycles. The third-order valence-electron chi connectivity index (χ3n) is 4.22. The van der Waals surface area contributed by atoms with Gasteiger partial charge in [-0.15, -0.1) is 0 Å². The topological polar surface area (TPSA) is 70.9 Å². The Morgan fingerprint density at radius 1 is 1.18 bits per heavy atom. The molecule has 5 heteroatoms. The van der Waals surface area contributed by atoms with Gasteiger partial charge in [0.1, 0.15) is 5.75 Å². The van der Waals surface area contributed by atoms with E-state index in [0.717, 1.165) is 11.3 Å². The summed E-state index contributed by atoms with van der Waals surface area (Å²) in [4.78, 5) is 12.6. The van der Waals surface area contributed by atoms with Crippen LogP contribution in [0.2, 0.25) is 0 Å². The fourth-order valence-corrected chi connectivity index (χ4v) is 3.01. The van der Waals surface area contributed by atoms with Crippen molar-refractivity contribution in [2.75, 3.05) is 5.32 Å². The van der Waals surface area contributed by atoms with Crippen LogP contribution in [0, 0.1) is 5.92 Å². The molecule has 1 heterocycles. The zero-order valence-electron chi connectivity index (χ0n) is 11.7. The van der Waals surface area contributed by atoms with Crippen molar-refractivity contribution in [3.63, 3.8) is 0 Å². The number of para-hydroxylation sites is 2. The highest BCUT2D eigenvalue weighted by atomic mass is 16.5. The van der Waals surface area contributed by atoms with E-state index in [1.807, 2.05) is 48.5 Å². The number of oxime groups is 1. The van der Waals surface area contributed by atoms with Crippen molar-refractivity contribution < 1.29 is 14.7 Å². The Morgan fingerprint density at radius 3 is 2.68 bits per heavy atom. The van der Waals surface area contributed by atoms with Crippen molar-refractivity contribution in [1.29, 1.82) is 0 Å². The normalized spacial score (nSPS) is 26.5. The van der Waals surface area contributed by atoms with E-state index in [1.54, 1.807) is 6.07 Å². The van der Waals surface area contributed by atoms with Gasteiger partial charge in [0.05, 0.1) is 11.6 Å². The van der Waals surface area contributed by atoms with Crippen molar-refractivity contribution in [3.05, 3.63) is 60.2 Å². The number of hydrogen-bond acceptors (Lipinski definition) is 4. The molecule has 1 saturated carbocycles. The third kappa shape index (κ3) is 1.79. The number of fused-ring (bicyclic) bond motifs is 2. The molecule has 4 rings (SSSR count). The highest BCUT2D eigenvalue weighted by Gasteiger charge is 2.68. The van der Waals surface area contributed by atoms with E-state index in [2.05, 4.69) is 10.5 Å². The molecule has 5 nitrogen and oxygen atoms in total. The largest absolute Gasteiger partial charge is 0.476 e. The number of carbonyl (C=O) groups excluding carboxylic acids is 1. The summed E-state index contributed by atoms with van der Waals surface area (Å²) >= 11 is 0. The van der Waals surface area contributed by atoms with Crippen LogP contribution in [-0.2, 0) is 4.79 Å². The number of ether oxygens (including phenoxy) is 1. The van der Waals surface area contributed by atoms with E-state index in [-0.39, 0.29) is 11.8 Å². The van der Waals surface area contributed by atoms with Gasteiger partial charge < -0.3 is 15.3 Å². The highest BCUT2D eigenvalue weighted by molar-refractivity contribution is 6.15. The predicted octanol–water partition coefficient (Wildman–Crippen LogP) is 2.65. The van der Waals surface area contributed by atoms with Crippen LogP contribution in [-0.4, -0.2) is 22.4 Å². The van der Waals surface area contributed by atoms with Crippen molar-refractivity contribution in [1.82, 2.24) is 0 Å². The van der Waals surface area contributed by atoms with Crippen LogP contribution in [0.25, 0.3) is 0 Å². The molecular weight excluding hydrogens is 280 g/mol. The zero-order valence-corrected chi connectivity index (χ0v) is 11.7. The van der Waals surface area contributed by atoms with Crippen LogP contribution in [0.3, 0.4) is 0 Å². The van der Waals surface area contributed by atoms with Crippen LogP contribution in [0.1, 0.15) is 12.0 Å². The maximum atomic E-state index is 12.6. The van der Waals surface area contributed by atoms with Crippen molar-refractivity contribution in [2.45, 2.75) is 12.0 Å². The van der Waals surface area contributed by atoms with Gasteiger partial charge in [0.15, 0.2) is 5.60 Å². The maximum absolute atomic E-state index is 12.6. The van der Waals surface area contributed by atoms with Crippen molar-refractivity contribution in [2.24, 2.45) is 11.1 Å². The smallest absolute Gasteiger partial charge is 0.269 e. The first kappa shape index (κ1) is 12.9. The Morgan fingerprint density at radius 2 is 1.91 bits per heavy atom. The molecule has 2 N–H and O–H groups in total. The molecule has 22 heavy (non-hydrogen) atoms. The number of anilines is 1. The first-order chi connectivity index (χ1) is 10.7. The number of carbonyl (C=O) groups is 1. The Labute approximate surface area is 127 Å². The van der Waals surface area contributed by atoms with Crippen LogP contribution < -0.4 is 10.1 Å². The lowest BCUT2D eigenvalue weighted by Crippen LogP contribution is -2.41.